The zero-order valence-corrected chi connectivity index (χ0v) is 18.1. The number of hydrogen-bond donors (Lipinski definition) is 1. The molecule has 0 unspecified atom stereocenters. The molecule has 9 heteroatoms. The lowest BCUT2D eigenvalue weighted by Gasteiger charge is -2.26. The standard InChI is InChI=1S/C21H23ClN2O5S/c1-15-5-6-16(13-19(15)30(27,28)24-11-3-2-4-12-24)21(26)29-14-20(25)23-18-9-7-17(22)8-10-18/h5-10,13H,2-4,11-12,14H2,1H3,(H,23,25). The maximum Gasteiger partial charge on any atom is 0.338 e. The van der Waals surface area contributed by atoms with Gasteiger partial charge in [0.05, 0.1) is 10.5 Å². The third-order valence-electron chi connectivity index (χ3n) is 4.82. The Kier molecular flexibility index (Phi) is 7.12. The fourth-order valence-electron chi connectivity index (χ4n) is 3.19. The number of hydrogen-bond acceptors (Lipinski definition) is 5. The Balaban J connectivity index is 1.67. The van der Waals surface area contributed by atoms with E-state index in [4.69, 9.17) is 16.3 Å². The molecule has 2 aromatic carbocycles. The number of sulfonamides is 1. The molecule has 0 bridgehead atoms. The maximum absolute atomic E-state index is 13.0. The van der Waals surface area contributed by atoms with Crippen molar-refractivity contribution in [3.63, 3.8) is 0 Å². The normalized spacial score (nSPS) is 14.9. The Hall–Kier alpha value is -2.42. The summed E-state index contributed by atoms with van der Waals surface area (Å²) in [5.41, 5.74) is 1.15. The first-order valence-electron chi connectivity index (χ1n) is 9.61. The summed E-state index contributed by atoms with van der Waals surface area (Å²) in [7, 11) is -3.69. The Morgan fingerprint density at radius 2 is 1.73 bits per heavy atom. The Morgan fingerprint density at radius 1 is 1.07 bits per heavy atom. The van der Waals surface area contributed by atoms with Crippen LogP contribution in [-0.2, 0) is 19.6 Å². The fraction of sp³-hybridized carbons (Fsp3) is 0.333. The zero-order valence-electron chi connectivity index (χ0n) is 16.6. The highest BCUT2D eigenvalue weighted by Gasteiger charge is 2.28. The molecule has 0 aliphatic carbocycles. The van der Waals surface area contributed by atoms with Gasteiger partial charge in [-0.05, 0) is 61.7 Å². The molecule has 1 aliphatic rings. The average molecular weight is 451 g/mol. The minimum absolute atomic E-state index is 0.0791. The first-order chi connectivity index (χ1) is 14.3. The monoisotopic (exact) mass is 450 g/mol. The van der Waals surface area contributed by atoms with E-state index in [2.05, 4.69) is 5.32 Å². The third kappa shape index (κ3) is 5.38. The highest BCUT2D eigenvalue weighted by atomic mass is 35.5. The number of nitrogens with one attached hydrogen (secondary N) is 1. The van der Waals surface area contributed by atoms with Crippen molar-refractivity contribution in [2.75, 3.05) is 25.0 Å². The number of aryl methyl sites for hydroxylation is 1. The highest BCUT2D eigenvalue weighted by molar-refractivity contribution is 7.89. The topological polar surface area (TPSA) is 92.8 Å². The number of ether oxygens (including phenoxy) is 1. The third-order valence-corrected chi connectivity index (χ3v) is 7.11. The van der Waals surface area contributed by atoms with E-state index in [0.717, 1.165) is 19.3 Å². The summed E-state index contributed by atoms with van der Waals surface area (Å²) in [6.07, 6.45) is 2.65. The summed E-state index contributed by atoms with van der Waals surface area (Å²) in [5.74, 6) is -1.28. The van der Waals surface area contributed by atoms with Crippen LogP contribution >= 0.6 is 11.6 Å². The van der Waals surface area contributed by atoms with E-state index in [1.54, 1.807) is 37.3 Å². The van der Waals surface area contributed by atoms with Gasteiger partial charge in [-0.25, -0.2) is 13.2 Å². The second kappa shape index (κ2) is 9.59. The van der Waals surface area contributed by atoms with E-state index in [1.807, 2.05) is 0 Å². The van der Waals surface area contributed by atoms with Crippen LogP contribution in [-0.4, -0.2) is 44.3 Å². The van der Waals surface area contributed by atoms with Crippen LogP contribution in [0.1, 0.15) is 35.2 Å². The van der Waals surface area contributed by atoms with Crippen molar-refractivity contribution in [2.45, 2.75) is 31.1 Å². The summed E-state index contributed by atoms with van der Waals surface area (Å²) in [4.78, 5) is 24.5. The fourth-order valence-corrected chi connectivity index (χ4v) is 5.09. The van der Waals surface area contributed by atoms with Gasteiger partial charge in [0.15, 0.2) is 6.61 Å². The van der Waals surface area contributed by atoms with Crippen molar-refractivity contribution >= 4 is 39.2 Å². The van der Waals surface area contributed by atoms with Crippen LogP contribution in [0.4, 0.5) is 5.69 Å². The van der Waals surface area contributed by atoms with Crippen LogP contribution in [0.25, 0.3) is 0 Å². The smallest absolute Gasteiger partial charge is 0.338 e. The first-order valence-corrected chi connectivity index (χ1v) is 11.4. The predicted octanol–water partition coefficient (Wildman–Crippen LogP) is 3.62. The lowest BCUT2D eigenvalue weighted by atomic mass is 10.1. The van der Waals surface area contributed by atoms with Gasteiger partial charge in [0.2, 0.25) is 10.0 Å². The minimum Gasteiger partial charge on any atom is -0.452 e. The molecule has 1 aliphatic heterocycles. The SMILES string of the molecule is Cc1ccc(C(=O)OCC(=O)Nc2ccc(Cl)cc2)cc1S(=O)(=O)N1CCCCC1. The molecule has 30 heavy (non-hydrogen) atoms. The lowest BCUT2D eigenvalue weighted by molar-refractivity contribution is -0.119. The van der Waals surface area contributed by atoms with Gasteiger partial charge in [0, 0.05) is 23.8 Å². The van der Waals surface area contributed by atoms with Gasteiger partial charge in [-0.15, -0.1) is 0 Å². The van der Waals surface area contributed by atoms with Gasteiger partial charge in [-0.2, -0.15) is 4.31 Å². The van der Waals surface area contributed by atoms with Crippen molar-refractivity contribution < 1.29 is 22.7 Å². The molecule has 7 nitrogen and oxygen atoms in total. The number of piperidine rings is 1. The molecule has 3 rings (SSSR count). The van der Waals surface area contributed by atoms with Crippen molar-refractivity contribution in [1.29, 1.82) is 0 Å². The van der Waals surface area contributed by atoms with Gasteiger partial charge in [0.1, 0.15) is 0 Å². The number of anilines is 1. The second-order valence-corrected chi connectivity index (χ2v) is 9.42. The summed E-state index contributed by atoms with van der Waals surface area (Å²) >= 11 is 5.80. The number of halogens is 1. The molecular formula is C21H23ClN2O5S. The molecule has 1 N–H and O–H groups in total. The van der Waals surface area contributed by atoms with E-state index < -0.39 is 28.5 Å². The average Bonchev–Trinajstić information content (AvgIpc) is 2.74. The maximum atomic E-state index is 13.0. The number of esters is 1. The molecule has 0 saturated carbocycles. The molecule has 1 fully saturated rings. The molecule has 1 heterocycles. The molecule has 160 valence electrons. The highest BCUT2D eigenvalue weighted by Crippen LogP contribution is 2.24. The van der Waals surface area contributed by atoms with Crippen LogP contribution < -0.4 is 5.32 Å². The Bertz CT molecular complexity index is 1030. The number of benzene rings is 2. The summed E-state index contributed by atoms with van der Waals surface area (Å²) in [6.45, 7) is 2.14. The van der Waals surface area contributed by atoms with Crippen LogP contribution in [0.3, 0.4) is 0 Å². The minimum atomic E-state index is -3.69. The van der Waals surface area contributed by atoms with E-state index in [9.17, 15) is 18.0 Å². The van der Waals surface area contributed by atoms with Gasteiger partial charge >= 0.3 is 5.97 Å². The van der Waals surface area contributed by atoms with Crippen LogP contribution in [0, 0.1) is 6.92 Å². The molecule has 1 saturated heterocycles. The van der Waals surface area contributed by atoms with Crippen LogP contribution in [0.5, 0.6) is 0 Å². The molecule has 0 spiro atoms. The second-order valence-electron chi connectivity index (χ2n) is 7.08. The zero-order chi connectivity index (χ0) is 21.7. The van der Waals surface area contributed by atoms with E-state index >= 15 is 0 Å². The Labute approximate surface area is 181 Å². The van der Waals surface area contributed by atoms with Gasteiger partial charge in [-0.3, -0.25) is 4.79 Å². The number of amides is 1. The first kappa shape index (κ1) is 22.3. The number of carbonyl (C=O) groups is 2. The van der Waals surface area contributed by atoms with Crippen molar-refractivity contribution in [1.82, 2.24) is 4.31 Å². The van der Waals surface area contributed by atoms with Gasteiger partial charge in [-0.1, -0.05) is 24.1 Å². The molecule has 0 radical (unpaired) electrons. The Morgan fingerprint density at radius 3 is 2.40 bits per heavy atom. The van der Waals surface area contributed by atoms with E-state index in [1.165, 1.54) is 16.4 Å². The largest absolute Gasteiger partial charge is 0.452 e. The van der Waals surface area contributed by atoms with Gasteiger partial charge in [0.25, 0.3) is 5.91 Å². The van der Waals surface area contributed by atoms with Gasteiger partial charge < -0.3 is 10.1 Å². The van der Waals surface area contributed by atoms with Crippen molar-refractivity contribution in [2.24, 2.45) is 0 Å². The van der Waals surface area contributed by atoms with Crippen molar-refractivity contribution in [3.8, 4) is 0 Å². The van der Waals surface area contributed by atoms with E-state index in [-0.39, 0.29) is 10.5 Å². The molecule has 1 amide bonds. The molecular weight excluding hydrogens is 428 g/mol. The molecule has 0 atom stereocenters. The van der Waals surface area contributed by atoms with E-state index in [0.29, 0.717) is 29.4 Å². The summed E-state index contributed by atoms with van der Waals surface area (Å²) in [6, 6.07) is 10.9. The van der Waals surface area contributed by atoms with Crippen molar-refractivity contribution in [3.05, 3.63) is 58.6 Å². The molecule has 0 aromatic heterocycles. The number of rotatable bonds is 6. The summed E-state index contributed by atoms with van der Waals surface area (Å²) < 4.78 is 32.5. The number of carbonyl (C=O) groups excluding carboxylic acids is 2. The lowest BCUT2D eigenvalue weighted by Crippen LogP contribution is -2.36. The predicted molar refractivity (Wildman–Crippen MR) is 114 cm³/mol. The number of nitrogens with zero attached hydrogens (tertiary/aromatic N) is 1. The quantitative estimate of drug-likeness (QED) is 0.678. The summed E-state index contributed by atoms with van der Waals surface area (Å²) in [5, 5.41) is 3.12. The van der Waals surface area contributed by atoms with Crippen LogP contribution in [0.2, 0.25) is 5.02 Å². The van der Waals surface area contributed by atoms with Crippen LogP contribution in [0.15, 0.2) is 47.4 Å². The molecule has 2 aromatic rings.